The summed E-state index contributed by atoms with van der Waals surface area (Å²) in [5.41, 5.74) is 6.40. The van der Waals surface area contributed by atoms with Crippen molar-refractivity contribution >= 4 is 63.2 Å². The molecule has 0 aliphatic carbocycles. The van der Waals surface area contributed by atoms with Gasteiger partial charge in [-0.25, -0.2) is 14.2 Å². The molecule has 4 rings (SSSR count). The fourth-order valence-corrected chi connectivity index (χ4v) is 4.77. The molecule has 0 unspecified atom stereocenters. The van der Waals surface area contributed by atoms with E-state index in [-0.39, 0.29) is 42.4 Å². The monoisotopic (exact) mass is 525 g/mol. The lowest BCUT2D eigenvalue weighted by Gasteiger charge is -2.36. The average molecular weight is 526 g/mol. The molecule has 35 heavy (non-hydrogen) atoms. The zero-order valence-electron chi connectivity index (χ0n) is 18.9. The summed E-state index contributed by atoms with van der Waals surface area (Å²) in [5.74, 6) is -0.675. The first kappa shape index (κ1) is 24.9. The van der Waals surface area contributed by atoms with Crippen molar-refractivity contribution in [2.45, 2.75) is 13.0 Å². The highest BCUT2D eigenvalue weighted by molar-refractivity contribution is 7.19. The molecule has 3 amide bonds. The molecule has 0 saturated carbocycles. The zero-order chi connectivity index (χ0) is 25.1. The van der Waals surface area contributed by atoms with E-state index in [2.05, 4.69) is 15.6 Å². The second kappa shape index (κ2) is 10.6. The molecular weight excluding hydrogens is 501 g/mol. The fourth-order valence-electron chi connectivity index (χ4n) is 3.93. The van der Waals surface area contributed by atoms with Crippen molar-refractivity contribution in [1.29, 1.82) is 0 Å². The summed E-state index contributed by atoms with van der Waals surface area (Å²) in [5, 5.41) is 5.54. The molecule has 14 heteroatoms. The summed E-state index contributed by atoms with van der Waals surface area (Å²) in [6, 6.07) is 4.61. The van der Waals surface area contributed by atoms with Gasteiger partial charge < -0.3 is 26.0 Å². The van der Waals surface area contributed by atoms with Crippen LogP contribution in [-0.2, 0) is 14.3 Å². The van der Waals surface area contributed by atoms with Crippen LogP contribution in [0.5, 0.6) is 0 Å². The molecule has 4 N–H and O–H groups in total. The number of nitrogens with two attached hydrogens (primary N) is 1. The van der Waals surface area contributed by atoms with Gasteiger partial charge in [0.05, 0.1) is 31.0 Å². The molecule has 2 fully saturated rings. The third-order valence-corrected chi connectivity index (χ3v) is 6.72. The van der Waals surface area contributed by atoms with Gasteiger partial charge in [-0.1, -0.05) is 22.9 Å². The Morgan fingerprint density at radius 2 is 2.06 bits per heavy atom. The van der Waals surface area contributed by atoms with Crippen molar-refractivity contribution in [1.82, 2.24) is 15.2 Å². The summed E-state index contributed by atoms with van der Waals surface area (Å²) in [4.78, 5) is 44.8. The minimum Gasteiger partial charge on any atom is -0.442 e. The maximum absolute atomic E-state index is 15.0. The summed E-state index contributed by atoms with van der Waals surface area (Å²) in [6.45, 7) is 4.13. The van der Waals surface area contributed by atoms with E-state index < -0.39 is 18.0 Å². The Bertz CT molecular complexity index is 1130. The number of piperazine rings is 1. The normalized spacial score (nSPS) is 18.5. The molecule has 1 atom stereocenters. The van der Waals surface area contributed by atoms with Crippen LogP contribution < -0.4 is 26.2 Å². The van der Waals surface area contributed by atoms with Gasteiger partial charge in [0.15, 0.2) is 10.9 Å². The number of aromatic nitrogens is 1. The van der Waals surface area contributed by atoms with E-state index in [4.69, 9.17) is 22.1 Å². The number of hydrogen-bond acceptors (Lipinski definition) is 9. The molecule has 188 valence electrons. The predicted molar refractivity (Wildman–Crippen MR) is 132 cm³/mol. The summed E-state index contributed by atoms with van der Waals surface area (Å²) >= 11 is 7.08. The van der Waals surface area contributed by atoms with Gasteiger partial charge in [-0.05, 0) is 18.2 Å². The molecule has 11 nitrogen and oxygen atoms in total. The van der Waals surface area contributed by atoms with Crippen LogP contribution in [0.25, 0.3) is 0 Å². The lowest BCUT2D eigenvalue weighted by atomic mass is 10.2. The summed E-state index contributed by atoms with van der Waals surface area (Å²) < 4.78 is 20.5. The quantitative estimate of drug-likeness (QED) is 0.498. The topological polar surface area (TPSA) is 133 Å². The molecule has 2 aliphatic heterocycles. The van der Waals surface area contributed by atoms with E-state index in [9.17, 15) is 18.8 Å². The second-order valence-corrected chi connectivity index (χ2v) is 9.81. The zero-order valence-corrected chi connectivity index (χ0v) is 20.5. The molecular formula is C21H25ClFN7O4S. The van der Waals surface area contributed by atoms with Gasteiger partial charge in [0, 0.05) is 33.1 Å². The smallest absolute Gasteiger partial charge is 0.414 e. The average Bonchev–Trinajstić information content (AvgIpc) is 3.33. The number of nitrogen functional groups attached to an aromatic ring is 1. The third kappa shape index (κ3) is 6.10. The van der Waals surface area contributed by atoms with Crippen LogP contribution in [0.15, 0.2) is 18.2 Å². The van der Waals surface area contributed by atoms with Crippen molar-refractivity contribution in [2.75, 3.05) is 66.7 Å². The van der Waals surface area contributed by atoms with Gasteiger partial charge in [0.1, 0.15) is 16.3 Å². The van der Waals surface area contributed by atoms with E-state index in [1.807, 2.05) is 9.80 Å². The Hall–Kier alpha value is -3.16. The molecule has 0 radical (unpaired) electrons. The Morgan fingerprint density at radius 3 is 2.69 bits per heavy atom. The first-order valence-corrected chi connectivity index (χ1v) is 12.1. The summed E-state index contributed by atoms with van der Waals surface area (Å²) in [7, 11) is 0. The standard InChI is InChI=1S/C21H25ClFN7O4S/c1-12(31)25-9-14-10-30(21(33)34-14)13-2-3-16(15(23)8-13)29-6-4-28(5-7-29)11-17(32)26-19-18(22)35-20(24)27-19/h2-3,8,14H,4-7,9-11H2,1H3,(H2,24,27)(H,25,31)(H,26,32)/t14-/m0/s1. The first-order chi connectivity index (χ1) is 16.7. The predicted octanol–water partition coefficient (Wildman–Crippen LogP) is 1.74. The van der Waals surface area contributed by atoms with E-state index in [1.54, 1.807) is 12.1 Å². The van der Waals surface area contributed by atoms with Crippen LogP contribution in [0, 0.1) is 5.82 Å². The number of carbonyl (C=O) groups excluding carboxylic acids is 3. The van der Waals surface area contributed by atoms with Crippen molar-refractivity contribution in [3.63, 3.8) is 0 Å². The molecule has 2 saturated heterocycles. The van der Waals surface area contributed by atoms with Gasteiger partial charge in [-0.3, -0.25) is 19.4 Å². The molecule has 0 spiro atoms. The second-order valence-electron chi connectivity index (χ2n) is 8.17. The van der Waals surface area contributed by atoms with Crippen molar-refractivity contribution < 1.29 is 23.5 Å². The van der Waals surface area contributed by atoms with Crippen molar-refractivity contribution in [2.24, 2.45) is 0 Å². The van der Waals surface area contributed by atoms with Crippen molar-refractivity contribution in [3.8, 4) is 0 Å². The number of carbonyl (C=O) groups is 3. The van der Waals surface area contributed by atoms with Crippen LogP contribution in [-0.4, -0.2) is 79.7 Å². The molecule has 3 heterocycles. The molecule has 1 aromatic carbocycles. The van der Waals surface area contributed by atoms with Crippen LogP contribution in [0.4, 0.5) is 31.5 Å². The number of rotatable bonds is 7. The number of nitrogens with one attached hydrogen (secondary N) is 2. The van der Waals surface area contributed by atoms with Crippen LogP contribution in [0.2, 0.25) is 4.34 Å². The molecule has 2 aromatic rings. The van der Waals surface area contributed by atoms with E-state index in [0.29, 0.717) is 41.9 Å². The van der Waals surface area contributed by atoms with Gasteiger partial charge in [-0.2, -0.15) is 0 Å². The lowest BCUT2D eigenvalue weighted by Crippen LogP contribution is -2.49. The van der Waals surface area contributed by atoms with Crippen LogP contribution in [0.3, 0.4) is 0 Å². The van der Waals surface area contributed by atoms with Crippen LogP contribution >= 0.6 is 22.9 Å². The highest BCUT2D eigenvalue weighted by atomic mass is 35.5. The fraction of sp³-hybridized carbons (Fsp3) is 0.429. The number of thiazole rings is 1. The van der Waals surface area contributed by atoms with Gasteiger partial charge >= 0.3 is 6.09 Å². The number of benzene rings is 1. The Morgan fingerprint density at radius 1 is 1.31 bits per heavy atom. The lowest BCUT2D eigenvalue weighted by molar-refractivity contribution is -0.119. The highest BCUT2D eigenvalue weighted by Gasteiger charge is 2.33. The van der Waals surface area contributed by atoms with E-state index in [1.165, 1.54) is 17.9 Å². The van der Waals surface area contributed by atoms with Crippen molar-refractivity contribution in [3.05, 3.63) is 28.4 Å². The number of cyclic esters (lactones) is 1. The van der Waals surface area contributed by atoms with Gasteiger partial charge in [0.2, 0.25) is 11.8 Å². The van der Waals surface area contributed by atoms with Gasteiger partial charge in [-0.15, -0.1) is 0 Å². The minimum atomic E-state index is -0.582. The number of halogens is 2. The van der Waals surface area contributed by atoms with E-state index in [0.717, 1.165) is 11.3 Å². The third-order valence-electron chi connectivity index (χ3n) is 5.64. The Kier molecular flexibility index (Phi) is 7.57. The number of ether oxygens (including phenoxy) is 1. The number of amides is 3. The van der Waals surface area contributed by atoms with Gasteiger partial charge in [0.25, 0.3) is 0 Å². The Labute approximate surface area is 210 Å². The molecule has 1 aromatic heterocycles. The molecule has 2 aliphatic rings. The number of hydrogen-bond donors (Lipinski definition) is 3. The maximum Gasteiger partial charge on any atom is 0.414 e. The minimum absolute atomic E-state index is 0.153. The molecule has 0 bridgehead atoms. The first-order valence-electron chi connectivity index (χ1n) is 10.9. The Balaban J connectivity index is 1.30. The summed E-state index contributed by atoms with van der Waals surface area (Å²) in [6.07, 6.45) is -1.08. The highest BCUT2D eigenvalue weighted by Crippen LogP contribution is 2.30. The number of nitrogens with zero attached hydrogens (tertiary/aromatic N) is 4. The van der Waals surface area contributed by atoms with Crippen LogP contribution in [0.1, 0.15) is 6.92 Å². The number of anilines is 4. The SMILES string of the molecule is CC(=O)NC[C@H]1CN(c2ccc(N3CCN(CC(=O)Nc4nc(N)sc4Cl)CC3)c(F)c2)C(=O)O1. The maximum atomic E-state index is 15.0. The largest absolute Gasteiger partial charge is 0.442 e. The van der Waals surface area contributed by atoms with E-state index >= 15 is 0 Å².